The maximum atomic E-state index is 10.5. The lowest BCUT2D eigenvalue weighted by molar-refractivity contribution is -0.142. The van der Waals surface area contributed by atoms with E-state index in [4.69, 9.17) is 5.11 Å². The summed E-state index contributed by atoms with van der Waals surface area (Å²) >= 11 is 5.01. The average molecular weight is 414 g/mol. The standard InChI is InChI=1S/C9H6BrNS.C8H16O2.C2H6/c10-8-3-1-7(2-4-8)9-5-12-6-11-9;1-3-5-7(6-4-2)8(9)10;1-2/h1-6H;7H,3-6H2,1-2H3,(H,9,10);1-2H3. The van der Waals surface area contributed by atoms with E-state index in [0.717, 1.165) is 35.8 Å². The van der Waals surface area contributed by atoms with Gasteiger partial charge in [0.15, 0.2) is 0 Å². The highest BCUT2D eigenvalue weighted by Gasteiger charge is 2.13. The molecule has 2 rings (SSSR count). The quantitative estimate of drug-likeness (QED) is 0.560. The van der Waals surface area contributed by atoms with Gasteiger partial charge in [-0.05, 0) is 25.0 Å². The Labute approximate surface area is 158 Å². The summed E-state index contributed by atoms with van der Waals surface area (Å²) in [4.78, 5) is 14.7. The van der Waals surface area contributed by atoms with Crippen molar-refractivity contribution < 1.29 is 9.90 Å². The molecule has 0 fully saturated rings. The third-order valence-corrected chi connectivity index (χ3v) is 4.31. The fourth-order valence-corrected chi connectivity index (χ4v) is 2.89. The Bertz CT molecular complexity index is 535. The van der Waals surface area contributed by atoms with Crippen LogP contribution >= 0.6 is 27.3 Å². The van der Waals surface area contributed by atoms with E-state index >= 15 is 0 Å². The highest BCUT2D eigenvalue weighted by atomic mass is 79.9. The van der Waals surface area contributed by atoms with Gasteiger partial charge in [-0.15, -0.1) is 11.3 Å². The van der Waals surface area contributed by atoms with Crippen LogP contribution in [0.15, 0.2) is 39.6 Å². The van der Waals surface area contributed by atoms with Crippen LogP contribution in [0.4, 0.5) is 0 Å². The van der Waals surface area contributed by atoms with Crippen LogP contribution in [0.5, 0.6) is 0 Å². The summed E-state index contributed by atoms with van der Waals surface area (Å²) in [6.45, 7) is 8.04. The molecule has 0 aliphatic carbocycles. The summed E-state index contributed by atoms with van der Waals surface area (Å²) in [6, 6.07) is 8.15. The zero-order valence-electron chi connectivity index (χ0n) is 15.0. The molecule has 0 atom stereocenters. The van der Waals surface area contributed by atoms with Crippen molar-refractivity contribution >= 4 is 33.2 Å². The number of aromatic nitrogens is 1. The fourth-order valence-electron chi connectivity index (χ4n) is 2.06. The number of thiazole rings is 1. The number of carboxylic acids is 1. The molecule has 3 nitrogen and oxygen atoms in total. The third kappa shape index (κ3) is 9.18. The summed E-state index contributed by atoms with van der Waals surface area (Å²) in [5.74, 6) is -0.737. The maximum absolute atomic E-state index is 10.5. The molecule has 0 spiro atoms. The van der Waals surface area contributed by atoms with Crippen LogP contribution in [0.2, 0.25) is 0 Å². The molecule has 0 amide bonds. The van der Waals surface area contributed by atoms with E-state index in [9.17, 15) is 4.79 Å². The van der Waals surface area contributed by atoms with E-state index in [2.05, 4.69) is 33.0 Å². The first-order valence-corrected chi connectivity index (χ1v) is 10.2. The van der Waals surface area contributed by atoms with Gasteiger partial charge in [0.25, 0.3) is 0 Å². The largest absolute Gasteiger partial charge is 0.481 e. The van der Waals surface area contributed by atoms with Gasteiger partial charge in [0.2, 0.25) is 0 Å². The molecule has 134 valence electrons. The van der Waals surface area contributed by atoms with Crippen molar-refractivity contribution in [2.75, 3.05) is 0 Å². The highest BCUT2D eigenvalue weighted by molar-refractivity contribution is 9.10. The van der Waals surface area contributed by atoms with E-state index in [1.807, 2.05) is 50.7 Å². The van der Waals surface area contributed by atoms with Crippen molar-refractivity contribution in [1.82, 2.24) is 4.98 Å². The van der Waals surface area contributed by atoms with Crippen LogP contribution in [-0.4, -0.2) is 16.1 Å². The zero-order chi connectivity index (χ0) is 18.4. The lowest BCUT2D eigenvalue weighted by Crippen LogP contribution is -2.12. The molecule has 1 N–H and O–H groups in total. The predicted molar refractivity (Wildman–Crippen MR) is 108 cm³/mol. The third-order valence-electron chi connectivity index (χ3n) is 3.20. The van der Waals surface area contributed by atoms with Crippen molar-refractivity contribution in [3.8, 4) is 11.3 Å². The van der Waals surface area contributed by atoms with Crippen LogP contribution in [0, 0.1) is 5.92 Å². The smallest absolute Gasteiger partial charge is 0.306 e. The Morgan fingerprint density at radius 3 is 2.08 bits per heavy atom. The van der Waals surface area contributed by atoms with Crippen molar-refractivity contribution in [3.05, 3.63) is 39.6 Å². The van der Waals surface area contributed by atoms with Crippen molar-refractivity contribution in [1.29, 1.82) is 0 Å². The molecule has 24 heavy (non-hydrogen) atoms. The van der Waals surface area contributed by atoms with E-state index in [0.29, 0.717) is 0 Å². The molecule has 0 aliphatic rings. The van der Waals surface area contributed by atoms with Crippen molar-refractivity contribution in [3.63, 3.8) is 0 Å². The molecular weight excluding hydrogens is 386 g/mol. The fraction of sp³-hybridized carbons (Fsp3) is 0.474. The summed E-state index contributed by atoms with van der Waals surface area (Å²) < 4.78 is 1.10. The van der Waals surface area contributed by atoms with Crippen LogP contribution in [-0.2, 0) is 4.79 Å². The van der Waals surface area contributed by atoms with E-state index in [1.165, 1.54) is 5.56 Å². The molecule has 0 unspecified atom stereocenters. The molecule has 0 saturated carbocycles. The van der Waals surface area contributed by atoms with Gasteiger partial charge < -0.3 is 5.11 Å². The van der Waals surface area contributed by atoms with Crippen molar-refractivity contribution in [2.24, 2.45) is 5.92 Å². The summed E-state index contributed by atoms with van der Waals surface area (Å²) in [7, 11) is 0. The van der Waals surface area contributed by atoms with Gasteiger partial charge in [0, 0.05) is 15.4 Å². The van der Waals surface area contributed by atoms with Gasteiger partial charge in [0.05, 0.1) is 17.1 Å². The van der Waals surface area contributed by atoms with Crippen molar-refractivity contribution in [2.45, 2.75) is 53.4 Å². The number of halogens is 1. The van der Waals surface area contributed by atoms with Crippen LogP contribution < -0.4 is 0 Å². The second kappa shape index (κ2) is 14.2. The van der Waals surface area contributed by atoms with Gasteiger partial charge in [-0.1, -0.05) is 68.6 Å². The number of rotatable bonds is 6. The number of benzene rings is 1. The van der Waals surface area contributed by atoms with Gasteiger partial charge in [-0.3, -0.25) is 4.79 Å². The molecule has 0 bridgehead atoms. The highest BCUT2D eigenvalue weighted by Crippen LogP contribution is 2.20. The predicted octanol–water partition coefficient (Wildman–Crippen LogP) is 6.89. The molecular formula is C19H28BrNO2S. The maximum Gasteiger partial charge on any atom is 0.306 e. The normalized spacial score (nSPS) is 9.58. The zero-order valence-corrected chi connectivity index (χ0v) is 17.4. The van der Waals surface area contributed by atoms with Gasteiger partial charge in [-0.25, -0.2) is 4.98 Å². The molecule has 0 aliphatic heterocycles. The number of carboxylic acid groups (broad SMARTS) is 1. The molecule has 1 aromatic heterocycles. The Hall–Kier alpha value is -1.20. The first-order valence-electron chi connectivity index (χ1n) is 8.45. The van der Waals surface area contributed by atoms with E-state index in [1.54, 1.807) is 11.3 Å². The molecule has 0 radical (unpaired) electrons. The van der Waals surface area contributed by atoms with Crippen LogP contribution in [0.1, 0.15) is 53.4 Å². The summed E-state index contributed by atoms with van der Waals surface area (Å²) in [5.41, 5.74) is 4.06. The molecule has 1 heterocycles. The number of aliphatic carboxylic acids is 1. The molecule has 5 heteroatoms. The van der Waals surface area contributed by atoms with E-state index < -0.39 is 5.97 Å². The lowest BCUT2D eigenvalue weighted by atomic mass is 9.99. The number of hydrogen-bond acceptors (Lipinski definition) is 3. The minimum Gasteiger partial charge on any atom is -0.481 e. The van der Waals surface area contributed by atoms with Gasteiger partial charge >= 0.3 is 5.97 Å². The van der Waals surface area contributed by atoms with Gasteiger partial charge in [-0.2, -0.15) is 0 Å². The number of nitrogens with zero attached hydrogens (tertiary/aromatic N) is 1. The Balaban J connectivity index is 0.000000407. The Kier molecular flexibility index (Phi) is 13.5. The summed E-state index contributed by atoms with van der Waals surface area (Å²) in [5, 5.41) is 10.7. The number of carbonyl (C=O) groups is 1. The van der Waals surface area contributed by atoms with Crippen LogP contribution in [0.25, 0.3) is 11.3 Å². The van der Waals surface area contributed by atoms with Gasteiger partial charge in [0.1, 0.15) is 0 Å². The lowest BCUT2D eigenvalue weighted by Gasteiger charge is -2.07. The Morgan fingerprint density at radius 2 is 1.71 bits per heavy atom. The van der Waals surface area contributed by atoms with Crippen LogP contribution in [0.3, 0.4) is 0 Å². The van der Waals surface area contributed by atoms with E-state index in [-0.39, 0.29) is 5.92 Å². The monoisotopic (exact) mass is 413 g/mol. The molecule has 0 saturated heterocycles. The summed E-state index contributed by atoms with van der Waals surface area (Å²) in [6.07, 6.45) is 3.58. The minimum atomic E-state index is -0.635. The molecule has 1 aromatic carbocycles. The number of hydrogen-bond donors (Lipinski definition) is 1. The second-order valence-electron chi connectivity index (χ2n) is 4.99. The molecule has 2 aromatic rings. The average Bonchev–Trinajstić information content (AvgIpc) is 3.12. The SMILES string of the molecule is Brc1ccc(-c2cscn2)cc1.CC.CCCC(CCC)C(=O)O. The Morgan fingerprint density at radius 1 is 1.17 bits per heavy atom. The minimum absolute atomic E-state index is 0.102. The second-order valence-corrected chi connectivity index (χ2v) is 6.63. The topological polar surface area (TPSA) is 50.2 Å². The first-order chi connectivity index (χ1) is 11.6. The first kappa shape index (κ1) is 22.8.